The SMILES string of the molecule is CC(=O)SCC=Cc1cc(Cl)cc(C#N)c1. The van der Waals surface area contributed by atoms with Crippen LogP contribution in [0.3, 0.4) is 0 Å². The van der Waals surface area contributed by atoms with E-state index in [0.717, 1.165) is 5.56 Å². The fraction of sp³-hybridized carbons (Fsp3) is 0.167. The molecule has 4 heteroatoms. The second kappa shape index (κ2) is 6.37. The van der Waals surface area contributed by atoms with Crippen molar-refractivity contribution in [1.82, 2.24) is 0 Å². The van der Waals surface area contributed by atoms with Gasteiger partial charge >= 0.3 is 0 Å². The lowest BCUT2D eigenvalue weighted by Crippen LogP contribution is -1.82. The van der Waals surface area contributed by atoms with Gasteiger partial charge in [-0.05, 0) is 23.8 Å². The average Bonchev–Trinajstić information content (AvgIpc) is 2.23. The molecule has 0 unspecified atom stereocenters. The first kappa shape index (κ1) is 12.8. The predicted molar refractivity (Wildman–Crippen MR) is 68.3 cm³/mol. The monoisotopic (exact) mass is 251 g/mol. The number of hydrogen-bond acceptors (Lipinski definition) is 3. The third-order valence-electron chi connectivity index (χ3n) is 1.74. The van der Waals surface area contributed by atoms with Gasteiger partial charge in [-0.15, -0.1) is 0 Å². The van der Waals surface area contributed by atoms with E-state index in [1.165, 1.54) is 18.7 Å². The van der Waals surface area contributed by atoms with Crippen molar-refractivity contribution < 1.29 is 4.79 Å². The maximum Gasteiger partial charge on any atom is 0.186 e. The first-order valence-corrected chi connectivity index (χ1v) is 5.99. The van der Waals surface area contributed by atoms with E-state index in [0.29, 0.717) is 16.3 Å². The van der Waals surface area contributed by atoms with Crippen molar-refractivity contribution in [3.63, 3.8) is 0 Å². The summed E-state index contributed by atoms with van der Waals surface area (Å²) >= 11 is 7.09. The minimum atomic E-state index is 0.0912. The molecule has 16 heavy (non-hydrogen) atoms. The number of nitriles is 1. The first-order chi connectivity index (χ1) is 7.61. The molecule has 1 rings (SSSR count). The van der Waals surface area contributed by atoms with Gasteiger partial charge in [0.1, 0.15) is 0 Å². The van der Waals surface area contributed by atoms with Gasteiger partial charge in [-0.2, -0.15) is 5.26 Å². The minimum Gasteiger partial charge on any atom is -0.288 e. The van der Waals surface area contributed by atoms with Crippen LogP contribution in [0.4, 0.5) is 0 Å². The normalized spacial score (nSPS) is 10.3. The predicted octanol–water partition coefficient (Wildman–Crippen LogP) is 3.50. The van der Waals surface area contributed by atoms with Crippen molar-refractivity contribution in [3.8, 4) is 6.07 Å². The Bertz CT molecular complexity index is 463. The largest absolute Gasteiger partial charge is 0.288 e. The molecule has 0 aliphatic rings. The van der Waals surface area contributed by atoms with Crippen LogP contribution in [0, 0.1) is 11.3 Å². The summed E-state index contributed by atoms with van der Waals surface area (Å²) in [4.78, 5) is 10.7. The minimum absolute atomic E-state index is 0.0912. The summed E-state index contributed by atoms with van der Waals surface area (Å²) in [5.74, 6) is 0.629. The molecule has 0 atom stereocenters. The number of hydrogen-bond donors (Lipinski definition) is 0. The van der Waals surface area contributed by atoms with Crippen LogP contribution in [0.25, 0.3) is 6.08 Å². The molecule has 82 valence electrons. The highest BCUT2D eigenvalue weighted by molar-refractivity contribution is 8.13. The molecule has 0 N–H and O–H groups in total. The Labute approximate surface area is 104 Å². The molecule has 0 spiro atoms. The van der Waals surface area contributed by atoms with Crippen molar-refractivity contribution in [2.45, 2.75) is 6.92 Å². The zero-order chi connectivity index (χ0) is 12.0. The highest BCUT2D eigenvalue weighted by atomic mass is 35.5. The molecule has 1 aromatic carbocycles. The van der Waals surface area contributed by atoms with Crippen LogP contribution >= 0.6 is 23.4 Å². The summed E-state index contributed by atoms with van der Waals surface area (Å²) in [6.07, 6.45) is 3.72. The number of carbonyl (C=O) groups excluding carboxylic acids is 1. The van der Waals surface area contributed by atoms with E-state index in [-0.39, 0.29) is 5.12 Å². The zero-order valence-corrected chi connectivity index (χ0v) is 10.3. The molecular weight excluding hydrogens is 242 g/mol. The molecule has 0 radical (unpaired) electrons. The van der Waals surface area contributed by atoms with E-state index in [9.17, 15) is 4.79 Å². The Kier molecular flexibility index (Phi) is 5.10. The molecule has 0 saturated heterocycles. The van der Waals surface area contributed by atoms with Crippen molar-refractivity contribution in [2.75, 3.05) is 5.75 Å². The van der Waals surface area contributed by atoms with Gasteiger partial charge in [-0.1, -0.05) is 35.5 Å². The number of thioether (sulfide) groups is 1. The highest BCUT2D eigenvalue weighted by Crippen LogP contribution is 2.16. The van der Waals surface area contributed by atoms with E-state index in [1.807, 2.05) is 18.2 Å². The fourth-order valence-corrected chi connectivity index (χ4v) is 1.79. The molecular formula is C12H10ClNOS. The number of carbonyl (C=O) groups is 1. The Morgan fingerprint density at radius 1 is 1.56 bits per heavy atom. The highest BCUT2D eigenvalue weighted by Gasteiger charge is 1.96. The standard InChI is InChI=1S/C12H10ClNOS/c1-9(15)16-4-2-3-10-5-11(8-14)7-12(13)6-10/h2-3,5-7H,4H2,1H3. The molecule has 0 fully saturated rings. The van der Waals surface area contributed by atoms with Crippen LogP contribution in [-0.4, -0.2) is 10.9 Å². The number of benzene rings is 1. The van der Waals surface area contributed by atoms with Gasteiger partial charge in [0.2, 0.25) is 0 Å². The Hall–Kier alpha value is -1.24. The van der Waals surface area contributed by atoms with Crippen molar-refractivity contribution in [3.05, 3.63) is 40.4 Å². The van der Waals surface area contributed by atoms with Gasteiger partial charge in [0.15, 0.2) is 5.12 Å². The Morgan fingerprint density at radius 3 is 2.94 bits per heavy atom. The average molecular weight is 252 g/mol. The lowest BCUT2D eigenvalue weighted by Gasteiger charge is -1.96. The first-order valence-electron chi connectivity index (χ1n) is 4.62. The zero-order valence-electron chi connectivity index (χ0n) is 8.74. The third kappa shape index (κ3) is 4.52. The lowest BCUT2D eigenvalue weighted by atomic mass is 10.1. The maximum atomic E-state index is 10.7. The van der Waals surface area contributed by atoms with E-state index in [4.69, 9.17) is 16.9 Å². The smallest absolute Gasteiger partial charge is 0.186 e. The summed E-state index contributed by atoms with van der Waals surface area (Å²) in [5.41, 5.74) is 1.40. The Balaban J connectivity index is 2.70. The van der Waals surface area contributed by atoms with Crippen LogP contribution in [0.5, 0.6) is 0 Å². The fourth-order valence-electron chi connectivity index (χ4n) is 1.12. The van der Waals surface area contributed by atoms with E-state index in [1.54, 1.807) is 18.2 Å². The maximum absolute atomic E-state index is 10.7. The van der Waals surface area contributed by atoms with Crippen molar-refractivity contribution in [1.29, 1.82) is 5.26 Å². The van der Waals surface area contributed by atoms with Gasteiger partial charge in [0, 0.05) is 17.7 Å². The number of rotatable bonds is 3. The second-order valence-electron chi connectivity index (χ2n) is 3.09. The lowest BCUT2D eigenvalue weighted by molar-refractivity contribution is -0.109. The van der Waals surface area contributed by atoms with Crippen molar-refractivity contribution >= 4 is 34.6 Å². The molecule has 1 aromatic rings. The molecule has 0 aromatic heterocycles. The molecule has 0 bridgehead atoms. The summed E-state index contributed by atoms with van der Waals surface area (Å²) in [6, 6.07) is 7.18. The third-order valence-corrected chi connectivity index (χ3v) is 2.73. The molecule has 0 saturated carbocycles. The summed E-state index contributed by atoms with van der Waals surface area (Å²) in [5, 5.41) is 9.38. The van der Waals surface area contributed by atoms with E-state index >= 15 is 0 Å². The summed E-state index contributed by atoms with van der Waals surface area (Å²) in [7, 11) is 0. The van der Waals surface area contributed by atoms with Gasteiger partial charge in [-0.3, -0.25) is 4.79 Å². The second-order valence-corrected chi connectivity index (χ2v) is 4.72. The molecule has 0 amide bonds. The molecule has 0 aliphatic heterocycles. The Morgan fingerprint density at radius 2 is 2.31 bits per heavy atom. The van der Waals surface area contributed by atoms with Crippen LogP contribution < -0.4 is 0 Å². The van der Waals surface area contributed by atoms with Gasteiger partial charge in [0.05, 0.1) is 11.6 Å². The number of halogens is 1. The molecule has 0 heterocycles. The van der Waals surface area contributed by atoms with Crippen LogP contribution in [0.2, 0.25) is 5.02 Å². The van der Waals surface area contributed by atoms with Crippen LogP contribution in [0.1, 0.15) is 18.1 Å². The topological polar surface area (TPSA) is 40.9 Å². The van der Waals surface area contributed by atoms with Gasteiger partial charge in [0.25, 0.3) is 0 Å². The van der Waals surface area contributed by atoms with Gasteiger partial charge < -0.3 is 0 Å². The van der Waals surface area contributed by atoms with Crippen molar-refractivity contribution in [2.24, 2.45) is 0 Å². The van der Waals surface area contributed by atoms with E-state index in [2.05, 4.69) is 0 Å². The van der Waals surface area contributed by atoms with Crippen LogP contribution in [-0.2, 0) is 4.79 Å². The van der Waals surface area contributed by atoms with Crippen LogP contribution in [0.15, 0.2) is 24.3 Å². The quantitative estimate of drug-likeness (QED) is 0.826. The van der Waals surface area contributed by atoms with Gasteiger partial charge in [-0.25, -0.2) is 0 Å². The summed E-state index contributed by atoms with van der Waals surface area (Å²) < 4.78 is 0. The number of nitrogens with zero attached hydrogens (tertiary/aromatic N) is 1. The summed E-state index contributed by atoms with van der Waals surface area (Å²) in [6.45, 7) is 1.53. The molecule has 2 nitrogen and oxygen atoms in total. The van der Waals surface area contributed by atoms with E-state index < -0.39 is 0 Å². The molecule has 0 aliphatic carbocycles.